The molecule has 0 fully saturated rings. The van der Waals surface area contributed by atoms with Crippen LogP contribution in [0.4, 0.5) is 0 Å². The van der Waals surface area contributed by atoms with Crippen molar-refractivity contribution < 1.29 is 9.47 Å². The first kappa shape index (κ1) is 9.59. The fourth-order valence-corrected chi connectivity index (χ4v) is 2.34. The van der Waals surface area contributed by atoms with Crippen LogP contribution in [0.15, 0.2) is 54.7 Å². The van der Waals surface area contributed by atoms with Gasteiger partial charge in [0.05, 0.1) is 5.52 Å². The third kappa shape index (κ3) is 1.31. The van der Waals surface area contributed by atoms with Gasteiger partial charge in [0.1, 0.15) is 0 Å². The maximum Gasteiger partial charge on any atom is 0.231 e. The van der Waals surface area contributed by atoms with Crippen LogP contribution >= 0.6 is 0 Å². The van der Waals surface area contributed by atoms with Gasteiger partial charge in [-0.2, -0.15) is 0 Å². The van der Waals surface area contributed by atoms with Crippen molar-refractivity contribution in [1.82, 2.24) is 4.57 Å². The van der Waals surface area contributed by atoms with Crippen LogP contribution in [0.5, 0.6) is 11.5 Å². The van der Waals surface area contributed by atoms with E-state index in [2.05, 4.69) is 29.0 Å². The topological polar surface area (TPSA) is 23.4 Å². The molecule has 0 bridgehead atoms. The molecule has 0 atom stereocenters. The van der Waals surface area contributed by atoms with Crippen LogP contribution in [-0.4, -0.2) is 11.4 Å². The summed E-state index contributed by atoms with van der Waals surface area (Å²) in [6.45, 7) is 0.311. The summed E-state index contributed by atoms with van der Waals surface area (Å²) >= 11 is 0. The smallest absolute Gasteiger partial charge is 0.231 e. The number of hydrogen-bond acceptors (Lipinski definition) is 2. The molecular formula is C15H11NO2. The van der Waals surface area contributed by atoms with Crippen molar-refractivity contribution in [2.75, 3.05) is 6.79 Å². The van der Waals surface area contributed by atoms with Crippen molar-refractivity contribution in [3.8, 4) is 17.2 Å². The predicted octanol–water partition coefficient (Wildman–Crippen LogP) is 3.36. The van der Waals surface area contributed by atoms with Gasteiger partial charge >= 0.3 is 0 Å². The molecule has 1 aliphatic heterocycles. The molecule has 3 nitrogen and oxygen atoms in total. The van der Waals surface area contributed by atoms with Crippen LogP contribution in [0.25, 0.3) is 16.6 Å². The highest BCUT2D eigenvalue weighted by molar-refractivity contribution is 5.82. The van der Waals surface area contributed by atoms with Crippen LogP contribution in [-0.2, 0) is 0 Å². The van der Waals surface area contributed by atoms with E-state index in [-0.39, 0.29) is 0 Å². The Labute approximate surface area is 104 Å². The third-order valence-electron chi connectivity index (χ3n) is 3.23. The molecule has 88 valence electrons. The summed E-state index contributed by atoms with van der Waals surface area (Å²) in [7, 11) is 0. The van der Waals surface area contributed by atoms with Gasteiger partial charge in [-0.05, 0) is 29.7 Å². The molecule has 0 aliphatic carbocycles. The second-order valence-corrected chi connectivity index (χ2v) is 4.28. The summed E-state index contributed by atoms with van der Waals surface area (Å²) < 4.78 is 12.9. The van der Waals surface area contributed by atoms with Crippen molar-refractivity contribution in [2.45, 2.75) is 0 Å². The third-order valence-corrected chi connectivity index (χ3v) is 3.23. The Morgan fingerprint density at radius 3 is 2.78 bits per heavy atom. The van der Waals surface area contributed by atoms with Gasteiger partial charge in [0, 0.05) is 18.0 Å². The minimum atomic E-state index is 0.311. The molecule has 4 rings (SSSR count). The largest absolute Gasteiger partial charge is 0.454 e. The van der Waals surface area contributed by atoms with E-state index in [1.165, 1.54) is 10.9 Å². The van der Waals surface area contributed by atoms with E-state index in [0.717, 1.165) is 17.2 Å². The van der Waals surface area contributed by atoms with Gasteiger partial charge in [-0.25, -0.2) is 0 Å². The van der Waals surface area contributed by atoms with E-state index in [9.17, 15) is 0 Å². The fourth-order valence-electron chi connectivity index (χ4n) is 2.34. The normalized spacial score (nSPS) is 13.1. The maximum absolute atomic E-state index is 5.41. The maximum atomic E-state index is 5.41. The lowest BCUT2D eigenvalue weighted by Crippen LogP contribution is -1.93. The second kappa shape index (κ2) is 3.53. The number of aromatic nitrogens is 1. The molecule has 2 aromatic carbocycles. The van der Waals surface area contributed by atoms with Crippen LogP contribution in [0.3, 0.4) is 0 Å². The lowest BCUT2D eigenvalue weighted by atomic mass is 10.2. The minimum absolute atomic E-state index is 0.311. The van der Waals surface area contributed by atoms with Crippen molar-refractivity contribution >= 4 is 10.9 Å². The standard InChI is InChI=1S/C15H11NO2/c1-2-4-13-11(3-1)7-8-16(13)12-5-6-14-15(9-12)18-10-17-14/h1-9H,10H2. The zero-order chi connectivity index (χ0) is 11.9. The van der Waals surface area contributed by atoms with Crippen LogP contribution in [0.1, 0.15) is 0 Å². The molecule has 3 heteroatoms. The van der Waals surface area contributed by atoms with E-state index in [4.69, 9.17) is 9.47 Å². The van der Waals surface area contributed by atoms with E-state index in [1.807, 2.05) is 30.3 Å². The number of hydrogen-bond donors (Lipinski definition) is 0. The fraction of sp³-hybridized carbons (Fsp3) is 0.0667. The van der Waals surface area contributed by atoms with Gasteiger partial charge in [-0.1, -0.05) is 18.2 Å². The SMILES string of the molecule is c1ccc2c(c1)ccn2-c1ccc2c(c1)OCO2. The molecule has 18 heavy (non-hydrogen) atoms. The summed E-state index contributed by atoms with van der Waals surface area (Å²) in [4.78, 5) is 0. The van der Waals surface area contributed by atoms with Gasteiger partial charge in [0.15, 0.2) is 11.5 Å². The molecule has 0 unspecified atom stereocenters. The molecule has 0 saturated heterocycles. The first-order valence-corrected chi connectivity index (χ1v) is 5.88. The predicted molar refractivity (Wildman–Crippen MR) is 69.4 cm³/mol. The lowest BCUT2D eigenvalue weighted by molar-refractivity contribution is 0.174. The summed E-state index contributed by atoms with van der Waals surface area (Å²) in [6.07, 6.45) is 2.07. The molecule has 2 heterocycles. The van der Waals surface area contributed by atoms with E-state index >= 15 is 0 Å². The highest BCUT2D eigenvalue weighted by atomic mass is 16.7. The molecular weight excluding hydrogens is 226 g/mol. The average Bonchev–Trinajstić information content (AvgIpc) is 3.04. The molecule has 0 saturated carbocycles. The highest BCUT2D eigenvalue weighted by Gasteiger charge is 2.14. The summed E-state index contributed by atoms with van der Waals surface area (Å²) in [6, 6.07) is 16.4. The first-order valence-electron chi connectivity index (χ1n) is 5.88. The van der Waals surface area contributed by atoms with Gasteiger partial charge in [-0.15, -0.1) is 0 Å². The Morgan fingerprint density at radius 1 is 0.889 bits per heavy atom. The van der Waals surface area contributed by atoms with Crippen LogP contribution < -0.4 is 9.47 Å². The minimum Gasteiger partial charge on any atom is -0.454 e. The molecule has 1 aromatic heterocycles. The summed E-state index contributed by atoms with van der Waals surface area (Å²) in [5.74, 6) is 1.63. The monoisotopic (exact) mass is 237 g/mol. The van der Waals surface area contributed by atoms with Crippen LogP contribution in [0.2, 0.25) is 0 Å². The number of ether oxygens (including phenoxy) is 2. The van der Waals surface area contributed by atoms with Gasteiger partial charge < -0.3 is 14.0 Å². The zero-order valence-corrected chi connectivity index (χ0v) is 9.67. The number of fused-ring (bicyclic) bond motifs is 2. The molecule has 0 spiro atoms. The van der Waals surface area contributed by atoms with Crippen molar-refractivity contribution in [3.05, 3.63) is 54.7 Å². The van der Waals surface area contributed by atoms with Gasteiger partial charge in [-0.3, -0.25) is 0 Å². The van der Waals surface area contributed by atoms with Crippen molar-refractivity contribution in [2.24, 2.45) is 0 Å². The Balaban J connectivity index is 1.92. The number of rotatable bonds is 1. The number of para-hydroxylation sites is 1. The Morgan fingerprint density at radius 2 is 1.78 bits per heavy atom. The molecule has 1 aliphatic rings. The summed E-state index contributed by atoms with van der Waals surface area (Å²) in [5, 5.41) is 1.23. The number of benzene rings is 2. The van der Waals surface area contributed by atoms with Crippen molar-refractivity contribution in [3.63, 3.8) is 0 Å². The molecule has 0 amide bonds. The number of nitrogens with zero attached hydrogens (tertiary/aromatic N) is 1. The van der Waals surface area contributed by atoms with E-state index < -0.39 is 0 Å². The van der Waals surface area contributed by atoms with Crippen molar-refractivity contribution in [1.29, 1.82) is 0 Å². The molecule has 0 N–H and O–H groups in total. The highest BCUT2D eigenvalue weighted by Crippen LogP contribution is 2.34. The Bertz CT molecular complexity index is 730. The van der Waals surface area contributed by atoms with Gasteiger partial charge in [0.25, 0.3) is 0 Å². The Hall–Kier alpha value is -2.42. The Kier molecular flexibility index (Phi) is 1.88. The zero-order valence-electron chi connectivity index (χ0n) is 9.67. The van der Waals surface area contributed by atoms with E-state index in [1.54, 1.807) is 0 Å². The lowest BCUT2D eigenvalue weighted by Gasteiger charge is -2.06. The molecule has 3 aromatic rings. The van der Waals surface area contributed by atoms with E-state index in [0.29, 0.717) is 6.79 Å². The van der Waals surface area contributed by atoms with Crippen LogP contribution in [0, 0.1) is 0 Å². The first-order chi connectivity index (χ1) is 8.92. The van der Waals surface area contributed by atoms with Gasteiger partial charge in [0.2, 0.25) is 6.79 Å². The second-order valence-electron chi connectivity index (χ2n) is 4.28. The molecule has 0 radical (unpaired) electrons. The summed E-state index contributed by atoms with van der Waals surface area (Å²) in [5.41, 5.74) is 2.27. The quantitative estimate of drug-likeness (QED) is 0.648. The average molecular weight is 237 g/mol.